The fourth-order valence-corrected chi connectivity index (χ4v) is 5.08. The molecule has 2 bridgehead atoms. The minimum atomic E-state index is -0.00627. The van der Waals surface area contributed by atoms with Crippen molar-refractivity contribution in [1.82, 2.24) is 0 Å². The van der Waals surface area contributed by atoms with E-state index in [2.05, 4.69) is 46.3 Å². The first-order valence-electron chi connectivity index (χ1n) is 6.05. The summed E-state index contributed by atoms with van der Waals surface area (Å²) in [6, 6.07) is 10.7. The van der Waals surface area contributed by atoms with Gasteiger partial charge in [0.25, 0.3) is 0 Å². The van der Waals surface area contributed by atoms with Crippen LogP contribution in [0.3, 0.4) is 0 Å². The quantitative estimate of drug-likeness (QED) is 0.751. The van der Waals surface area contributed by atoms with Crippen LogP contribution >= 0.6 is 15.9 Å². The van der Waals surface area contributed by atoms with Gasteiger partial charge in [-0.3, -0.25) is 0 Å². The molecule has 2 fully saturated rings. The smallest absolute Gasteiger partial charge is 0.100 e. The van der Waals surface area contributed by atoms with Crippen molar-refractivity contribution in [2.75, 3.05) is 7.11 Å². The zero-order chi connectivity index (χ0) is 11.2. The molecule has 16 heavy (non-hydrogen) atoms. The van der Waals surface area contributed by atoms with E-state index in [0.29, 0.717) is 16.7 Å². The third kappa shape index (κ3) is 1.20. The summed E-state index contributed by atoms with van der Waals surface area (Å²) in [4.78, 5) is 0.654. The van der Waals surface area contributed by atoms with Crippen molar-refractivity contribution in [2.45, 2.75) is 29.7 Å². The van der Waals surface area contributed by atoms with Crippen LogP contribution in [0.5, 0.6) is 0 Å². The van der Waals surface area contributed by atoms with E-state index in [0.717, 1.165) is 0 Å². The lowest BCUT2D eigenvalue weighted by molar-refractivity contribution is -0.198. The molecule has 2 saturated carbocycles. The molecular weight excluding hydrogens is 264 g/mol. The first kappa shape index (κ1) is 10.8. The van der Waals surface area contributed by atoms with Gasteiger partial charge < -0.3 is 4.74 Å². The number of hydrogen-bond acceptors (Lipinski definition) is 1. The molecule has 0 radical (unpaired) electrons. The number of benzene rings is 1. The van der Waals surface area contributed by atoms with E-state index in [1.807, 2.05) is 7.11 Å². The second-order valence-corrected chi connectivity index (χ2v) is 6.01. The molecule has 0 saturated heterocycles. The highest BCUT2D eigenvalue weighted by molar-refractivity contribution is 9.09. The minimum Gasteiger partial charge on any atom is -0.373 e. The lowest BCUT2D eigenvalue weighted by atomic mass is 9.51. The van der Waals surface area contributed by atoms with Crippen molar-refractivity contribution < 1.29 is 4.74 Å². The molecule has 1 aromatic rings. The largest absolute Gasteiger partial charge is 0.373 e. The monoisotopic (exact) mass is 280 g/mol. The van der Waals surface area contributed by atoms with Crippen molar-refractivity contribution in [2.24, 2.45) is 11.8 Å². The van der Waals surface area contributed by atoms with E-state index >= 15 is 0 Å². The average Bonchev–Trinajstić information content (AvgIpc) is 2.38. The maximum atomic E-state index is 5.97. The first-order chi connectivity index (χ1) is 7.80. The highest BCUT2D eigenvalue weighted by Gasteiger charge is 2.63. The molecule has 0 amide bonds. The molecule has 2 aliphatic carbocycles. The van der Waals surface area contributed by atoms with Crippen molar-refractivity contribution in [1.29, 1.82) is 0 Å². The van der Waals surface area contributed by atoms with E-state index in [-0.39, 0.29) is 5.60 Å². The van der Waals surface area contributed by atoms with E-state index < -0.39 is 0 Å². The van der Waals surface area contributed by atoms with Crippen molar-refractivity contribution in [3.05, 3.63) is 35.9 Å². The lowest BCUT2D eigenvalue weighted by Gasteiger charge is -2.62. The summed E-state index contributed by atoms with van der Waals surface area (Å²) in [6.07, 6.45) is 3.93. The van der Waals surface area contributed by atoms with E-state index in [1.54, 1.807) is 0 Å². The Morgan fingerprint density at radius 3 is 2.31 bits per heavy atom. The second-order valence-electron chi connectivity index (χ2n) is 4.95. The van der Waals surface area contributed by atoms with Gasteiger partial charge in [-0.05, 0) is 18.4 Å². The third-order valence-electron chi connectivity index (χ3n) is 4.46. The molecule has 2 heteroatoms. The Bertz CT molecular complexity index is 364. The number of rotatable bonds is 2. The maximum Gasteiger partial charge on any atom is 0.100 e. The van der Waals surface area contributed by atoms with Gasteiger partial charge in [0.1, 0.15) is 5.60 Å². The van der Waals surface area contributed by atoms with E-state index in [9.17, 15) is 0 Å². The summed E-state index contributed by atoms with van der Waals surface area (Å²) < 4.78 is 5.97. The van der Waals surface area contributed by atoms with Crippen LogP contribution in [0.2, 0.25) is 0 Å². The first-order valence-corrected chi connectivity index (χ1v) is 6.97. The van der Waals surface area contributed by atoms with Gasteiger partial charge in [-0.25, -0.2) is 0 Å². The molecule has 2 atom stereocenters. The van der Waals surface area contributed by atoms with Crippen molar-refractivity contribution in [3.63, 3.8) is 0 Å². The summed E-state index contributed by atoms with van der Waals surface area (Å²) in [7, 11) is 1.87. The summed E-state index contributed by atoms with van der Waals surface area (Å²) in [5.74, 6) is 1.30. The third-order valence-corrected chi connectivity index (χ3v) is 5.74. The minimum absolute atomic E-state index is 0.00627. The van der Waals surface area contributed by atoms with Gasteiger partial charge in [0.05, 0.1) is 0 Å². The van der Waals surface area contributed by atoms with Gasteiger partial charge >= 0.3 is 0 Å². The van der Waals surface area contributed by atoms with Crippen LogP contribution in [0.25, 0.3) is 0 Å². The zero-order valence-corrected chi connectivity index (χ0v) is 11.1. The average molecular weight is 281 g/mol. The maximum absolute atomic E-state index is 5.97. The molecule has 2 unspecified atom stereocenters. The summed E-state index contributed by atoms with van der Waals surface area (Å²) in [6.45, 7) is 0. The molecule has 3 rings (SSSR count). The fraction of sp³-hybridized carbons (Fsp3) is 0.571. The van der Waals surface area contributed by atoms with Crippen LogP contribution in [0, 0.1) is 11.8 Å². The number of fused-ring (bicyclic) bond motifs is 2. The molecule has 0 heterocycles. The second kappa shape index (κ2) is 3.85. The predicted octanol–water partition coefficient (Wildman–Crippen LogP) is 3.72. The van der Waals surface area contributed by atoms with Gasteiger partial charge in [0, 0.05) is 23.8 Å². The van der Waals surface area contributed by atoms with Crippen LogP contribution in [0.4, 0.5) is 0 Å². The van der Waals surface area contributed by atoms with Crippen LogP contribution in [-0.2, 0) is 10.3 Å². The van der Waals surface area contributed by atoms with E-state index in [1.165, 1.54) is 24.8 Å². The van der Waals surface area contributed by atoms with E-state index in [4.69, 9.17) is 4.74 Å². The predicted molar refractivity (Wildman–Crippen MR) is 68.7 cm³/mol. The number of hydrogen-bond donors (Lipinski definition) is 0. The normalized spacial score (nSPS) is 41.5. The molecule has 1 aromatic carbocycles. The summed E-state index contributed by atoms with van der Waals surface area (Å²) in [5.41, 5.74) is 1.36. The fourth-order valence-electron chi connectivity index (χ4n) is 3.76. The number of ether oxygens (including phenoxy) is 1. The van der Waals surface area contributed by atoms with Crippen molar-refractivity contribution in [3.8, 4) is 0 Å². The van der Waals surface area contributed by atoms with Crippen LogP contribution in [0.15, 0.2) is 30.3 Å². The number of methoxy groups -OCH3 is 1. The molecule has 2 aliphatic rings. The Kier molecular flexibility index (Phi) is 2.60. The highest BCUT2D eigenvalue weighted by Crippen LogP contribution is 2.63. The molecule has 0 aliphatic heterocycles. The Hall–Kier alpha value is -0.340. The zero-order valence-electron chi connectivity index (χ0n) is 9.53. The molecule has 0 spiro atoms. The van der Waals surface area contributed by atoms with Gasteiger partial charge in [-0.15, -0.1) is 0 Å². The summed E-state index contributed by atoms with van der Waals surface area (Å²) in [5, 5.41) is 0. The van der Waals surface area contributed by atoms with Crippen LogP contribution < -0.4 is 0 Å². The lowest BCUT2D eigenvalue weighted by Crippen LogP contribution is -2.64. The molecule has 0 N–H and O–H groups in total. The van der Waals surface area contributed by atoms with Crippen molar-refractivity contribution >= 4 is 15.9 Å². The highest BCUT2D eigenvalue weighted by atomic mass is 79.9. The Morgan fingerprint density at radius 1 is 1.19 bits per heavy atom. The standard InChI is InChI=1S/C14H17BrO/c1-16-14(10-6-3-2-4-7-10)11-8-5-9-12(14)13(11)15/h2-4,6-7,11-13H,5,8-9H2,1H3. The Balaban J connectivity index is 2.02. The topological polar surface area (TPSA) is 9.23 Å². The van der Waals surface area contributed by atoms with Gasteiger partial charge in [-0.2, -0.15) is 0 Å². The Morgan fingerprint density at radius 2 is 1.81 bits per heavy atom. The number of halogens is 1. The number of alkyl halides is 1. The van der Waals surface area contributed by atoms with Crippen LogP contribution in [0.1, 0.15) is 24.8 Å². The molecule has 86 valence electrons. The van der Waals surface area contributed by atoms with Gasteiger partial charge in [0.15, 0.2) is 0 Å². The van der Waals surface area contributed by atoms with Gasteiger partial charge in [0.2, 0.25) is 0 Å². The van der Waals surface area contributed by atoms with Gasteiger partial charge in [-0.1, -0.05) is 52.7 Å². The van der Waals surface area contributed by atoms with Crippen LogP contribution in [-0.4, -0.2) is 11.9 Å². The molecule has 0 aromatic heterocycles. The Labute approximate surface area is 105 Å². The SMILES string of the molecule is COC1(c2ccccc2)C2CCCC1C2Br. The molecular formula is C14H17BrO. The molecule has 1 nitrogen and oxygen atoms in total. The summed E-state index contributed by atoms with van der Waals surface area (Å²) >= 11 is 3.84.